The van der Waals surface area contributed by atoms with Gasteiger partial charge in [-0.3, -0.25) is 24.2 Å². The van der Waals surface area contributed by atoms with Gasteiger partial charge in [0.1, 0.15) is 17.6 Å². The van der Waals surface area contributed by atoms with Gasteiger partial charge in [-0.1, -0.05) is 25.1 Å². The topological polar surface area (TPSA) is 211 Å². The van der Waals surface area contributed by atoms with Crippen LogP contribution < -0.4 is 15.2 Å². The number of phosphoric ester groups is 1. The molecule has 1 aliphatic carbocycles. The third-order valence-corrected chi connectivity index (χ3v) is 8.02. The number of esters is 1. The second kappa shape index (κ2) is 14.8. The van der Waals surface area contributed by atoms with Crippen LogP contribution in [0.4, 0.5) is 16.3 Å². The van der Waals surface area contributed by atoms with Crippen LogP contribution in [-0.2, 0) is 25.3 Å². The van der Waals surface area contributed by atoms with Crippen LogP contribution in [0.2, 0.25) is 0 Å². The predicted molar refractivity (Wildman–Crippen MR) is 174 cm³/mol. The molecule has 258 valence electrons. The highest BCUT2D eigenvalue weighted by Gasteiger charge is 2.40. The van der Waals surface area contributed by atoms with Crippen LogP contribution in [0.25, 0.3) is 5.52 Å². The number of hydrogen-bond donors (Lipinski definition) is 4. The molecule has 17 heteroatoms. The smallest absolute Gasteiger partial charge is 0.428 e. The quantitative estimate of drug-likeness (QED) is 0.0880. The van der Waals surface area contributed by atoms with E-state index in [0.29, 0.717) is 53.1 Å². The number of aromatic nitrogens is 3. The van der Waals surface area contributed by atoms with E-state index in [-0.39, 0.29) is 29.7 Å². The molecule has 2 aromatic carbocycles. The van der Waals surface area contributed by atoms with Gasteiger partial charge in [0.05, 0.1) is 12.0 Å². The van der Waals surface area contributed by atoms with Crippen molar-refractivity contribution in [1.82, 2.24) is 24.8 Å². The lowest BCUT2D eigenvalue weighted by molar-refractivity contribution is -0.151. The highest BCUT2D eigenvalue weighted by Crippen LogP contribution is 2.37. The van der Waals surface area contributed by atoms with Crippen molar-refractivity contribution in [3.8, 4) is 5.75 Å². The van der Waals surface area contributed by atoms with E-state index >= 15 is 0 Å². The van der Waals surface area contributed by atoms with E-state index in [4.69, 9.17) is 19.3 Å². The van der Waals surface area contributed by atoms with E-state index < -0.39 is 32.6 Å². The van der Waals surface area contributed by atoms with Gasteiger partial charge in [0.15, 0.2) is 5.82 Å². The summed E-state index contributed by atoms with van der Waals surface area (Å²) in [4.78, 5) is 74.9. The van der Waals surface area contributed by atoms with Crippen LogP contribution in [0.1, 0.15) is 63.6 Å². The summed E-state index contributed by atoms with van der Waals surface area (Å²) in [6.07, 6.45) is 3.60. The van der Waals surface area contributed by atoms with Crippen molar-refractivity contribution in [2.45, 2.75) is 52.5 Å². The highest BCUT2D eigenvalue weighted by molar-refractivity contribution is 7.46. The molecule has 5 rings (SSSR count). The van der Waals surface area contributed by atoms with E-state index in [2.05, 4.69) is 25.2 Å². The summed E-state index contributed by atoms with van der Waals surface area (Å²) < 4.78 is 27.1. The van der Waals surface area contributed by atoms with Crippen molar-refractivity contribution < 1.29 is 47.5 Å². The lowest BCUT2D eigenvalue weighted by atomic mass is 10.1. The van der Waals surface area contributed by atoms with Crippen LogP contribution >= 0.6 is 7.82 Å². The fraction of sp³-hybridized carbons (Fsp3) is 0.312. The minimum atomic E-state index is -4.72. The summed E-state index contributed by atoms with van der Waals surface area (Å²) in [6.45, 7) is 5.38. The van der Waals surface area contributed by atoms with Crippen molar-refractivity contribution in [2.75, 3.05) is 18.7 Å². The second-order valence-corrected chi connectivity index (χ2v) is 12.5. The number of carbonyl (C=O) groups excluding carboxylic acids is 4. The first-order chi connectivity index (χ1) is 23.3. The van der Waals surface area contributed by atoms with Crippen molar-refractivity contribution in [2.24, 2.45) is 0 Å². The average molecular weight is 695 g/mol. The third kappa shape index (κ3) is 8.79. The molecular weight excluding hydrogens is 659 g/mol. The van der Waals surface area contributed by atoms with Crippen LogP contribution in [-0.4, -0.2) is 72.5 Å². The number of fused-ring (bicyclic) bond motifs is 1. The molecule has 2 heterocycles. The molecule has 0 spiro atoms. The summed E-state index contributed by atoms with van der Waals surface area (Å²) in [5.41, 5.74) is 3.62. The molecule has 49 heavy (non-hydrogen) atoms. The molecular formula is C32H35N6O10P. The van der Waals surface area contributed by atoms with Gasteiger partial charge in [-0.05, 0) is 74.1 Å². The summed E-state index contributed by atoms with van der Waals surface area (Å²) in [5.74, 6) is -1.25. The molecule has 1 saturated carbocycles. The fourth-order valence-corrected chi connectivity index (χ4v) is 5.33. The van der Waals surface area contributed by atoms with Gasteiger partial charge in [0.25, 0.3) is 11.8 Å². The maximum absolute atomic E-state index is 13.8. The van der Waals surface area contributed by atoms with Crippen molar-refractivity contribution in [3.63, 3.8) is 0 Å². The Balaban J connectivity index is 1.25. The van der Waals surface area contributed by atoms with Crippen molar-refractivity contribution in [3.05, 3.63) is 82.8 Å². The first kappa shape index (κ1) is 35.0. The first-order valence-electron chi connectivity index (χ1n) is 15.3. The number of nitrogens with zero attached hydrogens (tertiary/aromatic N) is 4. The zero-order valence-corrected chi connectivity index (χ0v) is 27.8. The molecule has 1 fully saturated rings. The molecule has 16 nitrogen and oxygen atoms in total. The normalized spacial score (nSPS) is 12.7. The maximum atomic E-state index is 13.8. The number of carbonyl (C=O) groups is 4. The first-order valence-corrected chi connectivity index (χ1v) is 16.9. The lowest BCUT2D eigenvalue weighted by Crippen LogP contribution is -2.39. The second-order valence-electron chi connectivity index (χ2n) is 11.3. The number of aryl methyl sites for hydroxylation is 2. The predicted octanol–water partition coefficient (Wildman–Crippen LogP) is 4.19. The Morgan fingerprint density at radius 3 is 2.47 bits per heavy atom. The van der Waals surface area contributed by atoms with Crippen LogP contribution in [0, 0.1) is 13.8 Å². The Hall–Kier alpha value is -5.31. The van der Waals surface area contributed by atoms with Gasteiger partial charge in [-0.2, -0.15) is 5.10 Å². The molecule has 2 aromatic heterocycles. The minimum Gasteiger partial charge on any atom is -0.428 e. The minimum absolute atomic E-state index is 0.0800. The van der Waals surface area contributed by atoms with Gasteiger partial charge >= 0.3 is 19.9 Å². The largest absolute Gasteiger partial charge is 0.524 e. The molecule has 3 amide bonds. The summed E-state index contributed by atoms with van der Waals surface area (Å²) in [5, 5.41) is 10.4. The van der Waals surface area contributed by atoms with E-state index in [1.165, 1.54) is 41.3 Å². The Kier molecular flexibility index (Phi) is 10.6. The summed E-state index contributed by atoms with van der Waals surface area (Å²) >= 11 is 0. The molecule has 0 unspecified atom stereocenters. The van der Waals surface area contributed by atoms with E-state index in [0.717, 1.165) is 16.9 Å². The SMILES string of the molecule is CCCNC(=O)c1ccc(C)c(Nc2ncnn3cc(C(=O)N(C(=O)OCOC(=O)Cc4ccc(OP(=O)(O)O)cc4)C4CC4)c(C)c23)c1. The van der Waals surface area contributed by atoms with Crippen LogP contribution in [0.3, 0.4) is 0 Å². The Morgan fingerprint density at radius 1 is 1.06 bits per heavy atom. The number of phosphoric acid groups is 1. The molecule has 1 aliphatic rings. The average Bonchev–Trinajstić information content (AvgIpc) is 3.82. The van der Waals surface area contributed by atoms with Gasteiger partial charge in [0.2, 0.25) is 6.79 Å². The fourth-order valence-electron chi connectivity index (χ4n) is 4.93. The Bertz CT molecular complexity index is 1940. The molecule has 0 radical (unpaired) electrons. The van der Waals surface area contributed by atoms with E-state index in [1.807, 2.05) is 19.9 Å². The van der Waals surface area contributed by atoms with Gasteiger partial charge in [0, 0.05) is 30.0 Å². The maximum Gasteiger partial charge on any atom is 0.524 e. The highest BCUT2D eigenvalue weighted by atomic mass is 31.2. The van der Waals surface area contributed by atoms with Gasteiger partial charge in [-0.15, -0.1) is 0 Å². The van der Waals surface area contributed by atoms with Crippen molar-refractivity contribution in [1.29, 1.82) is 0 Å². The third-order valence-electron chi connectivity index (χ3n) is 7.57. The number of anilines is 2. The standard InChI is InChI=1S/C32H35N6O10P/c1-4-13-33-30(40)22-8-5-19(2)26(15-22)36-29-28-20(3)25(16-37(28)35-17-34-29)31(41)38(23-9-10-23)32(42)47-18-46-27(39)14-21-6-11-24(12-7-21)48-49(43,44)45/h5-8,11-12,15-17,23H,4,9-10,13-14,18H2,1-3H3,(H,33,40)(H,34,35,36)(H2,43,44,45). The monoisotopic (exact) mass is 694 g/mol. The van der Waals surface area contributed by atoms with E-state index in [1.54, 1.807) is 19.1 Å². The number of amides is 3. The summed E-state index contributed by atoms with van der Waals surface area (Å²) in [6, 6.07) is 10.3. The number of nitrogens with one attached hydrogen (secondary N) is 2. The molecule has 0 saturated heterocycles. The molecule has 4 N–H and O–H groups in total. The Labute approximate surface area is 280 Å². The number of rotatable bonds is 13. The lowest BCUT2D eigenvalue weighted by Gasteiger charge is -2.19. The molecule has 0 atom stereocenters. The van der Waals surface area contributed by atoms with Crippen molar-refractivity contribution >= 4 is 48.7 Å². The van der Waals surface area contributed by atoms with E-state index in [9.17, 15) is 23.7 Å². The molecule has 4 aromatic rings. The Morgan fingerprint density at radius 2 is 1.80 bits per heavy atom. The van der Waals surface area contributed by atoms with Crippen LogP contribution in [0.15, 0.2) is 55.0 Å². The number of ether oxygens (including phenoxy) is 2. The zero-order valence-electron chi connectivity index (χ0n) is 26.9. The number of imide groups is 1. The molecule has 0 bridgehead atoms. The summed E-state index contributed by atoms with van der Waals surface area (Å²) in [7, 11) is -4.72. The van der Waals surface area contributed by atoms with Gasteiger partial charge < -0.3 is 24.6 Å². The molecule has 0 aliphatic heterocycles. The van der Waals surface area contributed by atoms with Crippen LogP contribution in [0.5, 0.6) is 5.75 Å². The number of hydrogen-bond acceptors (Lipinski definition) is 11. The van der Waals surface area contributed by atoms with Gasteiger partial charge in [-0.25, -0.2) is 23.8 Å². The number of benzene rings is 2. The zero-order chi connectivity index (χ0) is 35.3.